The van der Waals surface area contributed by atoms with Crippen molar-refractivity contribution >= 4 is 0 Å². The summed E-state index contributed by atoms with van der Waals surface area (Å²) in [6.07, 6.45) is 2.08. The van der Waals surface area contributed by atoms with Gasteiger partial charge < -0.3 is 4.90 Å². The predicted octanol–water partition coefficient (Wildman–Crippen LogP) is 2.61. The van der Waals surface area contributed by atoms with Gasteiger partial charge in [-0.15, -0.1) is 0 Å². The van der Waals surface area contributed by atoms with Crippen molar-refractivity contribution in [1.29, 1.82) is 5.26 Å². The van der Waals surface area contributed by atoms with Crippen molar-refractivity contribution in [3.05, 3.63) is 0 Å². The molecule has 0 bridgehead atoms. The lowest BCUT2D eigenvalue weighted by Gasteiger charge is -2.33. The maximum Gasteiger partial charge on any atom is 0.266 e. The summed E-state index contributed by atoms with van der Waals surface area (Å²) in [7, 11) is 0. The number of rotatable bonds is 0. The number of alkyl halides is 2. The van der Waals surface area contributed by atoms with Gasteiger partial charge in [0.1, 0.15) is 0 Å². The van der Waals surface area contributed by atoms with Gasteiger partial charge in [0.25, 0.3) is 5.92 Å². The second-order valence-corrected chi connectivity index (χ2v) is 2.97. The molecule has 1 rings (SSSR count). The van der Waals surface area contributed by atoms with Gasteiger partial charge in [-0.25, -0.2) is 8.78 Å². The van der Waals surface area contributed by atoms with Crippen molar-refractivity contribution in [2.45, 2.75) is 45.6 Å². The minimum absolute atomic E-state index is 0.0281. The Hall–Kier alpha value is -0.850. The average Bonchev–Trinajstić information content (AvgIpc) is 2.13. The van der Waals surface area contributed by atoms with E-state index in [1.807, 2.05) is 13.8 Å². The lowest BCUT2D eigenvalue weighted by molar-refractivity contribution is -0.0631. The first-order chi connectivity index (χ1) is 6.05. The summed E-state index contributed by atoms with van der Waals surface area (Å²) in [5.41, 5.74) is 0. The third kappa shape index (κ3) is 3.58. The molecule has 0 aromatic rings. The molecule has 1 atom stereocenters. The van der Waals surface area contributed by atoms with Crippen LogP contribution in [-0.4, -0.2) is 23.4 Å². The molecule has 0 aromatic heterocycles. The molecule has 0 spiro atoms. The Balaban J connectivity index is 0.000000671. The van der Waals surface area contributed by atoms with Gasteiger partial charge in [-0.2, -0.15) is 5.26 Å². The number of hydrogen-bond acceptors (Lipinski definition) is 2. The Kier molecular flexibility index (Phi) is 4.68. The maximum absolute atomic E-state index is 12.6. The van der Waals surface area contributed by atoms with E-state index >= 15 is 0 Å². The third-order valence-corrected chi connectivity index (χ3v) is 1.99. The fourth-order valence-electron chi connectivity index (χ4n) is 1.19. The van der Waals surface area contributed by atoms with Crippen LogP contribution in [0.1, 0.15) is 33.6 Å². The van der Waals surface area contributed by atoms with E-state index < -0.39 is 12.5 Å². The Morgan fingerprint density at radius 3 is 2.38 bits per heavy atom. The summed E-state index contributed by atoms with van der Waals surface area (Å²) in [5, 5.41) is 8.44. The van der Waals surface area contributed by atoms with E-state index in [-0.39, 0.29) is 12.5 Å². The third-order valence-electron chi connectivity index (χ3n) is 1.99. The van der Waals surface area contributed by atoms with Gasteiger partial charge in [-0.1, -0.05) is 13.8 Å². The summed E-state index contributed by atoms with van der Waals surface area (Å²) in [4.78, 5) is 1.14. The van der Waals surface area contributed by atoms with Gasteiger partial charge in [0.15, 0.2) is 6.19 Å². The summed E-state index contributed by atoms with van der Waals surface area (Å²) in [6, 6.07) is -0.0281. The fraction of sp³-hybridized carbons (Fsp3) is 0.889. The number of piperidine rings is 1. The van der Waals surface area contributed by atoms with Crippen molar-refractivity contribution in [2.75, 3.05) is 6.54 Å². The first-order valence-electron chi connectivity index (χ1n) is 4.59. The van der Waals surface area contributed by atoms with Gasteiger partial charge in [0.05, 0.1) is 6.54 Å². The van der Waals surface area contributed by atoms with Crippen molar-refractivity contribution in [3.63, 3.8) is 0 Å². The minimum Gasteiger partial charge on any atom is -0.302 e. The topological polar surface area (TPSA) is 27.0 Å². The van der Waals surface area contributed by atoms with Gasteiger partial charge >= 0.3 is 0 Å². The van der Waals surface area contributed by atoms with Crippen LogP contribution in [0.3, 0.4) is 0 Å². The Bertz CT molecular complexity index is 187. The van der Waals surface area contributed by atoms with E-state index in [1.54, 1.807) is 13.1 Å². The van der Waals surface area contributed by atoms with Crippen LogP contribution >= 0.6 is 0 Å². The number of halogens is 2. The summed E-state index contributed by atoms with van der Waals surface area (Å²) in [6.45, 7) is 5.38. The van der Waals surface area contributed by atoms with Crippen LogP contribution < -0.4 is 0 Å². The SMILES string of the molecule is CC.CC1CCC(F)(F)CN1C#N. The smallest absolute Gasteiger partial charge is 0.266 e. The van der Waals surface area contributed by atoms with Crippen LogP contribution in [0, 0.1) is 11.5 Å². The number of nitrogens with zero attached hydrogens (tertiary/aromatic N) is 2. The first-order valence-corrected chi connectivity index (χ1v) is 4.59. The highest BCUT2D eigenvalue weighted by molar-refractivity contribution is 4.90. The molecule has 1 aliphatic rings. The predicted molar refractivity (Wildman–Crippen MR) is 47.3 cm³/mol. The quantitative estimate of drug-likeness (QED) is 0.549. The van der Waals surface area contributed by atoms with E-state index in [0.717, 1.165) is 4.90 Å². The fourth-order valence-corrected chi connectivity index (χ4v) is 1.19. The Labute approximate surface area is 78.1 Å². The molecule has 2 nitrogen and oxygen atoms in total. The summed E-state index contributed by atoms with van der Waals surface area (Å²) >= 11 is 0. The van der Waals surface area contributed by atoms with Crippen LogP contribution in [0.25, 0.3) is 0 Å². The molecular weight excluding hydrogens is 174 g/mol. The molecule has 76 valence electrons. The molecule has 1 heterocycles. The zero-order valence-corrected chi connectivity index (χ0v) is 8.35. The van der Waals surface area contributed by atoms with Crippen LogP contribution in [0.4, 0.5) is 8.78 Å². The van der Waals surface area contributed by atoms with Gasteiger partial charge in [-0.3, -0.25) is 0 Å². The van der Waals surface area contributed by atoms with Crippen LogP contribution in [0.5, 0.6) is 0 Å². The number of likely N-dealkylation sites (tertiary alicyclic amines) is 1. The molecule has 0 saturated carbocycles. The molecule has 0 N–H and O–H groups in total. The zero-order chi connectivity index (χ0) is 10.5. The van der Waals surface area contributed by atoms with Crippen molar-refractivity contribution < 1.29 is 8.78 Å². The molecule has 4 heteroatoms. The molecule has 1 saturated heterocycles. The normalized spacial score (nSPS) is 25.5. The van der Waals surface area contributed by atoms with Gasteiger partial charge in [0, 0.05) is 12.5 Å². The van der Waals surface area contributed by atoms with Crippen LogP contribution in [0.2, 0.25) is 0 Å². The van der Waals surface area contributed by atoms with Crippen LogP contribution in [-0.2, 0) is 0 Å². The van der Waals surface area contributed by atoms with E-state index in [4.69, 9.17) is 5.26 Å². The molecular formula is C9H16F2N2. The van der Waals surface area contributed by atoms with Crippen molar-refractivity contribution in [2.24, 2.45) is 0 Å². The van der Waals surface area contributed by atoms with Gasteiger partial charge in [-0.05, 0) is 13.3 Å². The molecule has 1 fully saturated rings. The highest BCUT2D eigenvalue weighted by atomic mass is 19.3. The standard InChI is InChI=1S/C7H10F2N2.C2H6/c1-6-2-3-7(8,9)4-11(6)5-10;1-2/h6H,2-4H2,1H3;1-2H3. The average molecular weight is 190 g/mol. The maximum atomic E-state index is 12.6. The van der Waals surface area contributed by atoms with E-state index in [1.165, 1.54) is 0 Å². The molecule has 0 radical (unpaired) electrons. The van der Waals surface area contributed by atoms with E-state index in [0.29, 0.717) is 6.42 Å². The van der Waals surface area contributed by atoms with Gasteiger partial charge in [0.2, 0.25) is 0 Å². The summed E-state index contributed by atoms with van der Waals surface area (Å²) < 4.78 is 25.2. The largest absolute Gasteiger partial charge is 0.302 e. The molecule has 1 aliphatic heterocycles. The highest BCUT2D eigenvalue weighted by Crippen LogP contribution is 2.29. The van der Waals surface area contributed by atoms with Crippen molar-refractivity contribution in [1.82, 2.24) is 4.90 Å². The second-order valence-electron chi connectivity index (χ2n) is 2.97. The number of hydrogen-bond donors (Lipinski definition) is 0. The zero-order valence-electron chi connectivity index (χ0n) is 8.35. The van der Waals surface area contributed by atoms with Crippen molar-refractivity contribution in [3.8, 4) is 6.19 Å². The molecule has 1 unspecified atom stereocenters. The molecule has 13 heavy (non-hydrogen) atoms. The Morgan fingerprint density at radius 2 is 2.00 bits per heavy atom. The van der Waals surface area contributed by atoms with Crippen LogP contribution in [0.15, 0.2) is 0 Å². The Morgan fingerprint density at radius 1 is 1.46 bits per heavy atom. The molecule has 0 aliphatic carbocycles. The first kappa shape index (κ1) is 12.2. The summed E-state index contributed by atoms with van der Waals surface area (Å²) in [5.74, 6) is -2.66. The van der Waals surface area contributed by atoms with E-state index in [2.05, 4.69) is 0 Å². The lowest BCUT2D eigenvalue weighted by atomic mass is 10.0. The monoisotopic (exact) mass is 190 g/mol. The molecule has 0 aromatic carbocycles. The number of nitriles is 1. The lowest BCUT2D eigenvalue weighted by Crippen LogP contribution is -2.44. The molecule has 0 amide bonds. The van der Waals surface area contributed by atoms with E-state index in [9.17, 15) is 8.78 Å². The highest BCUT2D eigenvalue weighted by Gasteiger charge is 2.37. The minimum atomic E-state index is -2.66. The second kappa shape index (κ2) is 5.00.